The highest BCUT2D eigenvalue weighted by Crippen LogP contribution is 2.17. The van der Waals surface area contributed by atoms with Crippen molar-refractivity contribution in [1.82, 2.24) is 9.62 Å². The molecule has 24 heavy (non-hydrogen) atoms. The van der Waals surface area contributed by atoms with E-state index in [-0.39, 0.29) is 17.5 Å². The third-order valence-electron chi connectivity index (χ3n) is 3.45. The molecule has 2 aromatic rings. The molecule has 8 heteroatoms. The highest BCUT2D eigenvalue weighted by Gasteiger charge is 2.24. The first kappa shape index (κ1) is 18.2. The molecule has 0 aliphatic rings. The molecule has 1 aromatic carbocycles. The molecule has 0 aliphatic heterocycles. The van der Waals surface area contributed by atoms with Gasteiger partial charge in [-0.2, -0.15) is 4.31 Å². The Balaban J connectivity index is 2.01. The Kier molecular flexibility index (Phi) is 5.40. The van der Waals surface area contributed by atoms with Crippen LogP contribution in [0.25, 0.3) is 0 Å². The Bertz CT molecular complexity index is 815. The van der Waals surface area contributed by atoms with E-state index in [1.165, 1.54) is 7.05 Å². The zero-order valence-electron chi connectivity index (χ0n) is 13.6. The van der Waals surface area contributed by atoms with Crippen LogP contribution in [0.2, 0.25) is 0 Å². The van der Waals surface area contributed by atoms with Crippen LogP contribution in [0.5, 0.6) is 0 Å². The zero-order valence-corrected chi connectivity index (χ0v) is 14.4. The Morgan fingerprint density at radius 3 is 2.42 bits per heavy atom. The zero-order chi connectivity index (χ0) is 17.9. The number of benzene rings is 1. The Hall–Kier alpha value is -2.19. The number of amides is 1. The van der Waals surface area contributed by atoms with Gasteiger partial charge in [-0.25, -0.2) is 12.8 Å². The molecule has 1 aromatic heterocycles. The quantitative estimate of drug-likeness (QED) is 0.863. The second-order valence-electron chi connectivity index (χ2n) is 5.45. The minimum Gasteiger partial charge on any atom is -0.464 e. The van der Waals surface area contributed by atoms with Crippen molar-refractivity contribution in [3.8, 4) is 0 Å². The van der Waals surface area contributed by atoms with Crippen LogP contribution in [0.4, 0.5) is 4.39 Å². The monoisotopic (exact) mass is 354 g/mol. The number of rotatable bonds is 6. The van der Waals surface area contributed by atoms with Crippen molar-refractivity contribution in [3.05, 3.63) is 53.7 Å². The van der Waals surface area contributed by atoms with Gasteiger partial charge >= 0.3 is 0 Å². The van der Waals surface area contributed by atoms with Crippen molar-refractivity contribution >= 4 is 15.9 Å². The summed E-state index contributed by atoms with van der Waals surface area (Å²) in [6, 6.07) is 7.58. The number of hydrogen-bond acceptors (Lipinski definition) is 4. The molecular formula is C16H19FN2O4S. The lowest BCUT2D eigenvalue weighted by Crippen LogP contribution is -2.39. The normalized spacial score (nSPS) is 13.0. The van der Waals surface area contributed by atoms with Crippen LogP contribution in [0.1, 0.15) is 24.5 Å². The molecule has 0 spiro atoms. The molecule has 1 atom stereocenters. The average molecular weight is 354 g/mol. The van der Waals surface area contributed by atoms with E-state index in [0.29, 0.717) is 5.76 Å². The van der Waals surface area contributed by atoms with Gasteiger partial charge in [-0.1, -0.05) is 0 Å². The molecule has 0 aliphatic carbocycles. The summed E-state index contributed by atoms with van der Waals surface area (Å²) in [5.41, 5.74) is 0. The van der Waals surface area contributed by atoms with Crippen LogP contribution >= 0.6 is 0 Å². The highest BCUT2D eigenvalue weighted by atomic mass is 32.2. The van der Waals surface area contributed by atoms with Gasteiger partial charge in [0.2, 0.25) is 15.9 Å². The van der Waals surface area contributed by atoms with E-state index in [1.54, 1.807) is 26.0 Å². The number of sulfonamides is 1. The number of furan rings is 1. The van der Waals surface area contributed by atoms with E-state index in [2.05, 4.69) is 5.32 Å². The predicted molar refractivity (Wildman–Crippen MR) is 86.2 cm³/mol. The van der Waals surface area contributed by atoms with Gasteiger partial charge in [0.25, 0.3) is 0 Å². The maximum absolute atomic E-state index is 12.9. The van der Waals surface area contributed by atoms with Crippen molar-refractivity contribution in [2.24, 2.45) is 0 Å². The predicted octanol–water partition coefficient (Wildman–Crippen LogP) is 2.23. The van der Waals surface area contributed by atoms with E-state index in [1.807, 2.05) is 0 Å². The van der Waals surface area contributed by atoms with Gasteiger partial charge < -0.3 is 9.73 Å². The molecule has 1 N–H and O–H groups in total. The number of likely N-dealkylation sites (N-methyl/N-ethyl adjacent to an activating group) is 1. The first-order valence-electron chi connectivity index (χ1n) is 7.28. The summed E-state index contributed by atoms with van der Waals surface area (Å²) < 4.78 is 43.9. The number of aryl methyl sites for hydroxylation is 1. The summed E-state index contributed by atoms with van der Waals surface area (Å²) in [4.78, 5) is 12.0. The van der Waals surface area contributed by atoms with Gasteiger partial charge in [0.1, 0.15) is 17.3 Å². The number of halogens is 1. The highest BCUT2D eigenvalue weighted by molar-refractivity contribution is 7.89. The number of nitrogens with zero attached hydrogens (tertiary/aromatic N) is 1. The van der Waals surface area contributed by atoms with E-state index >= 15 is 0 Å². The lowest BCUT2D eigenvalue weighted by Gasteiger charge is -2.18. The van der Waals surface area contributed by atoms with Crippen LogP contribution in [0.3, 0.4) is 0 Å². The second-order valence-corrected chi connectivity index (χ2v) is 7.50. The number of carbonyl (C=O) groups excluding carboxylic acids is 1. The van der Waals surface area contributed by atoms with Crippen molar-refractivity contribution < 1.29 is 22.0 Å². The fourth-order valence-electron chi connectivity index (χ4n) is 2.12. The minimum atomic E-state index is -3.86. The molecule has 6 nitrogen and oxygen atoms in total. The Labute approximate surface area is 140 Å². The maximum Gasteiger partial charge on any atom is 0.243 e. The third kappa shape index (κ3) is 4.21. The number of carbonyl (C=O) groups is 1. The van der Waals surface area contributed by atoms with Crippen molar-refractivity contribution in [2.45, 2.75) is 24.8 Å². The molecule has 1 amide bonds. The van der Waals surface area contributed by atoms with E-state index in [4.69, 9.17) is 4.42 Å². The second kappa shape index (κ2) is 7.14. The standard InChI is InChI=1S/C16H19FN2O4S/c1-11-4-9-15(23-11)12(2)18-16(20)10-19(3)24(21,22)14-7-5-13(17)6-8-14/h4-9,12H,10H2,1-3H3,(H,18,20). The molecule has 130 valence electrons. The smallest absolute Gasteiger partial charge is 0.243 e. The van der Waals surface area contributed by atoms with Crippen molar-refractivity contribution in [3.63, 3.8) is 0 Å². The fourth-order valence-corrected chi connectivity index (χ4v) is 3.25. The number of hydrogen-bond donors (Lipinski definition) is 1. The van der Waals surface area contributed by atoms with Crippen LogP contribution in [-0.2, 0) is 14.8 Å². The van der Waals surface area contributed by atoms with Gasteiger partial charge in [-0.05, 0) is 50.2 Å². The first-order valence-corrected chi connectivity index (χ1v) is 8.72. The minimum absolute atomic E-state index is 0.0751. The molecule has 0 radical (unpaired) electrons. The average Bonchev–Trinajstić information content (AvgIpc) is 2.94. The lowest BCUT2D eigenvalue weighted by molar-refractivity contribution is -0.121. The topological polar surface area (TPSA) is 79.6 Å². The van der Waals surface area contributed by atoms with E-state index < -0.39 is 21.7 Å². The SMILES string of the molecule is Cc1ccc(C(C)NC(=O)CN(C)S(=O)(=O)c2ccc(F)cc2)o1. The van der Waals surface area contributed by atoms with Gasteiger partial charge in [0, 0.05) is 7.05 Å². The summed E-state index contributed by atoms with van der Waals surface area (Å²) in [6.07, 6.45) is 0. The molecule has 0 bridgehead atoms. The molecule has 1 unspecified atom stereocenters. The molecule has 0 fully saturated rings. The summed E-state index contributed by atoms with van der Waals surface area (Å²) in [6.45, 7) is 3.18. The third-order valence-corrected chi connectivity index (χ3v) is 5.27. The maximum atomic E-state index is 12.9. The molecule has 0 saturated carbocycles. The molecule has 2 rings (SSSR count). The van der Waals surface area contributed by atoms with Crippen LogP contribution < -0.4 is 5.32 Å². The summed E-state index contributed by atoms with van der Waals surface area (Å²) in [7, 11) is -2.57. The van der Waals surface area contributed by atoms with Crippen LogP contribution in [-0.4, -0.2) is 32.2 Å². The van der Waals surface area contributed by atoms with Crippen LogP contribution in [0, 0.1) is 12.7 Å². The molecule has 0 saturated heterocycles. The Morgan fingerprint density at radius 1 is 1.25 bits per heavy atom. The van der Waals surface area contributed by atoms with Crippen LogP contribution in [0.15, 0.2) is 45.7 Å². The van der Waals surface area contributed by atoms with Crippen molar-refractivity contribution in [2.75, 3.05) is 13.6 Å². The van der Waals surface area contributed by atoms with Gasteiger partial charge in [0.15, 0.2) is 0 Å². The number of nitrogens with one attached hydrogen (secondary N) is 1. The Morgan fingerprint density at radius 2 is 1.88 bits per heavy atom. The fraction of sp³-hybridized carbons (Fsp3) is 0.312. The molecular weight excluding hydrogens is 335 g/mol. The molecule has 1 heterocycles. The summed E-state index contributed by atoms with van der Waals surface area (Å²) >= 11 is 0. The lowest BCUT2D eigenvalue weighted by atomic mass is 10.2. The van der Waals surface area contributed by atoms with E-state index in [0.717, 1.165) is 34.3 Å². The largest absolute Gasteiger partial charge is 0.464 e. The van der Waals surface area contributed by atoms with Gasteiger partial charge in [-0.3, -0.25) is 4.79 Å². The van der Waals surface area contributed by atoms with Gasteiger partial charge in [-0.15, -0.1) is 0 Å². The van der Waals surface area contributed by atoms with Gasteiger partial charge in [0.05, 0.1) is 17.5 Å². The van der Waals surface area contributed by atoms with E-state index in [9.17, 15) is 17.6 Å². The van der Waals surface area contributed by atoms with Crippen molar-refractivity contribution in [1.29, 1.82) is 0 Å². The first-order chi connectivity index (χ1) is 11.2. The summed E-state index contributed by atoms with van der Waals surface area (Å²) in [5, 5.41) is 2.67. The summed E-state index contributed by atoms with van der Waals surface area (Å²) in [5.74, 6) is 0.314.